The summed E-state index contributed by atoms with van der Waals surface area (Å²) < 4.78 is 16.8. The van der Waals surface area contributed by atoms with E-state index in [0.29, 0.717) is 36.8 Å². The molecule has 2 fully saturated rings. The number of rotatable bonds is 9. The molecule has 0 spiro atoms. The van der Waals surface area contributed by atoms with Crippen molar-refractivity contribution in [2.45, 2.75) is 69.6 Å². The molecule has 0 saturated carbocycles. The highest BCUT2D eigenvalue weighted by molar-refractivity contribution is 5.92. The van der Waals surface area contributed by atoms with Crippen LogP contribution in [0.15, 0.2) is 36.1 Å². The Kier molecular flexibility index (Phi) is 9.78. The third kappa shape index (κ3) is 6.87. The number of hydrogen-bond donors (Lipinski definition) is 1. The highest BCUT2D eigenvalue weighted by atomic mass is 16.7. The predicted molar refractivity (Wildman–Crippen MR) is 135 cm³/mol. The Morgan fingerprint density at radius 3 is 2.42 bits per heavy atom. The van der Waals surface area contributed by atoms with Gasteiger partial charge in [0, 0.05) is 38.1 Å². The van der Waals surface area contributed by atoms with E-state index in [4.69, 9.17) is 19.3 Å². The SMILES string of the molecule is COC(=O)c1ccc(C2C=C(C(=O)N3CCC(N4CCCCC4)CC3)OC(OCCCCO)C2)cc1. The number of nitrogens with zero attached hydrogens (tertiary/aromatic N) is 2. The highest BCUT2D eigenvalue weighted by Crippen LogP contribution is 2.33. The number of likely N-dealkylation sites (tertiary alicyclic amines) is 2. The molecule has 4 rings (SSSR count). The van der Waals surface area contributed by atoms with Gasteiger partial charge in [-0.15, -0.1) is 0 Å². The van der Waals surface area contributed by atoms with Gasteiger partial charge in [0.15, 0.2) is 5.76 Å². The molecule has 1 amide bonds. The summed E-state index contributed by atoms with van der Waals surface area (Å²) in [7, 11) is 1.36. The fourth-order valence-corrected chi connectivity index (χ4v) is 5.43. The first-order chi connectivity index (χ1) is 17.6. The van der Waals surface area contributed by atoms with Gasteiger partial charge in [-0.3, -0.25) is 4.79 Å². The summed E-state index contributed by atoms with van der Waals surface area (Å²) in [5.74, 6) is -0.185. The molecular weight excluding hydrogens is 460 g/mol. The van der Waals surface area contributed by atoms with E-state index in [1.54, 1.807) is 12.1 Å². The third-order valence-electron chi connectivity index (χ3n) is 7.54. The number of unbranched alkanes of at least 4 members (excludes halogenated alkanes) is 1. The van der Waals surface area contributed by atoms with Gasteiger partial charge in [-0.25, -0.2) is 4.79 Å². The second kappa shape index (κ2) is 13.2. The topological polar surface area (TPSA) is 88.5 Å². The molecule has 0 radical (unpaired) electrons. The fourth-order valence-electron chi connectivity index (χ4n) is 5.43. The molecule has 1 aromatic rings. The lowest BCUT2D eigenvalue weighted by molar-refractivity contribution is -0.153. The first kappa shape index (κ1) is 26.6. The molecule has 0 aromatic heterocycles. The molecule has 1 aromatic carbocycles. The van der Waals surface area contributed by atoms with E-state index in [2.05, 4.69) is 4.90 Å². The van der Waals surface area contributed by atoms with Gasteiger partial charge in [0.1, 0.15) is 0 Å². The largest absolute Gasteiger partial charge is 0.465 e. The van der Waals surface area contributed by atoms with E-state index in [1.165, 1.54) is 39.5 Å². The van der Waals surface area contributed by atoms with E-state index < -0.39 is 6.29 Å². The predicted octanol–water partition coefficient (Wildman–Crippen LogP) is 3.45. The van der Waals surface area contributed by atoms with Crippen LogP contribution in [0, 0.1) is 0 Å². The van der Waals surface area contributed by atoms with Gasteiger partial charge in [0.2, 0.25) is 6.29 Å². The van der Waals surface area contributed by atoms with E-state index in [0.717, 1.165) is 37.9 Å². The Bertz CT molecular complexity index is 888. The third-order valence-corrected chi connectivity index (χ3v) is 7.54. The molecule has 36 heavy (non-hydrogen) atoms. The number of amides is 1. The van der Waals surface area contributed by atoms with Crippen LogP contribution < -0.4 is 0 Å². The summed E-state index contributed by atoms with van der Waals surface area (Å²) in [5.41, 5.74) is 1.48. The number of carbonyl (C=O) groups excluding carboxylic acids is 2. The molecule has 3 heterocycles. The molecule has 1 N–H and O–H groups in total. The average Bonchev–Trinajstić information content (AvgIpc) is 2.95. The number of esters is 1. The Morgan fingerprint density at radius 2 is 1.75 bits per heavy atom. The Balaban J connectivity index is 1.43. The number of ether oxygens (including phenoxy) is 3. The van der Waals surface area contributed by atoms with Crippen molar-refractivity contribution in [3.8, 4) is 0 Å². The van der Waals surface area contributed by atoms with Crippen molar-refractivity contribution in [3.63, 3.8) is 0 Å². The zero-order valence-electron chi connectivity index (χ0n) is 21.4. The minimum Gasteiger partial charge on any atom is -0.465 e. The Morgan fingerprint density at radius 1 is 1.03 bits per heavy atom. The van der Waals surface area contributed by atoms with Crippen LogP contribution in [0.3, 0.4) is 0 Å². The van der Waals surface area contributed by atoms with Crippen molar-refractivity contribution >= 4 is 11.9 Å². The van der Waals surface area contributed by atoms with Crippen LogP contribution in [0.5, 0.6) is 0 Å². The van der Waals surface area contributed by atoms with Gasteiger partial charge < -0.3 is 29.1 Å². The monoisotopic (exact) mass is 500 g/mol. The molecule has 3 aliphatic heterocycles. The minimum atomic E-state index is -0.538. The van der Waals surface area contributed by atoms with Crippen molar-refractivity contribution in [3.05, 3.63) is 47.2 Å². The van der Waals surface area contributed by atoms with Crippen LogP contribution in [-0.4, -0.2) is 85.6 Å². The number of hydrogen-bond acceptors (Lipinski definition) is 7. The summed E-state index contributed by atoms with van der Waals surface area (Å²) in [6.45, 7) is 4.42. The lowest BCUT2D eigenvalue weighted by Gasteiger charge is -2.40. The molecule has 8 heteroatoms. The highest BCUT2D eigenvalue weighted by Gasteiger charge is 2.33. The summed E-state index contributed by atoms with van der Waals surface area (Å²) >= 11 is 0. The van der Waals surface area contributed by atoms with Crippen LogP contribution >= 0.6 is 0 Å². The summed E-state index contributed by atoms with van der Waals surface area (Å²) in [5, 5.41) is 9.05. The number of aliphatic hydroxyl groups excluding tert-OH is 1. The molecule has 0 bridgehead atoms. The Labute approximate surface area is 214 Å². The molecule has 2 saturated heterocycles. The minimum absolute atomic E-state index is 0.0712. The zero-order chi connectivity index (χ0) is 25.3. The lowest BCUT2D eigenvalue weighted by atomic mass is 9.92. The zero-order valence-corrected chi connectivity index (χ0v) is 21.4. The summed E-state index contributed by atoms with van der Waals surface area (Å²) in [4.78, 5) is 29.8. The van der Waals surface area contributed by atoms with Crippen molar-refractivity contribution < 1.29 is 28.9 Å². The first-order valence-electron chi connectivity index (χ1n) is 13.4. The molecule has 3 aliphatic rings. The molecule has 0 aliphatic carbocycles. The molecule has 2 unspecified atom stereocenters. The number of carbonyl (C=O) groups is 2. The standard InChI is InChI=1S/C28H40N2O6/c1-34-28(33)22-9-7-21(8-10-22)23-19-25(36-26(20-23)35-18-6-5-17-31)27(32)30-15-11-24(12-16-30)29-13-3-2-4-14-29/h7-10,19,23-24,26,31H,2-6,11-18,20H2,1H3. The van der Waals surface area contributed by atoms with Gasteiger partial charge >= 0.3 is 5.97 Å². The number of piperidine rings is 2. The normalized spacial score (nSPS) is 23.6. The van der Waals surface area contributed by atoms with E-state index in [1.807, 2.05) is 23.1 Å². The maximum absolute atomic E-state index is 13.5. The van der Waals surface area contributed by atoms with Crippen LogP contribution in [-0.2, 0) is 19.0 Å². The lowest BCUT2D eigenvalue weighted by Crippen LogP contribution is -2.49. The van der Waals surface area contributed by atoms with Gasteiger partial charge in [-0.1, -0.05) is 18.6 Å². The van der Waals surface area contributed by atoms with E-state index >= 15 is 0 Å². The second-order valence-electron chi connectivity index (χ2n) is 9.96. The summed E-state index contributed by atoms with van der Waals surface area (Å²) in [6, 6.07) is 7.85. The van der Waals surface area contributed by atoms with Crippen LogP contribution in [0.4, 0.5) is 0 Å². The molecule has 2 atom stereocenters. The van der Waals surface area contributed by atoms with Gasteiger partial charge in [-0.2, -0.15) is 0 Å². The maximum Gasteiger partial charge on any atom is 0.337 e. The maximum atomic E-state index is 13.5. The number of benzene rings is 1. The smallest absolute Gasteiger partial charge is 0.337 e. The van der Waals surface area contributed by atoms with Crippen LogP contribution in [0.1, 0.15) is 73.2 Å². The fraction of sp³-hybridized carbons (Fsp3) is 0.643. The Hall–Kier alpha value is -2.42. The van der Waals surface area contributed by atoms with Crippen LogP contribution in [0.2, 0.25) is 0 Å². The second-order valence-corrected chi connectivity index (χ2v) is 9.96. The van der Waals surface area contributed by atoms with Crippen molar-refractivity contribution in [2.75, 3.05) is 46.5 Å². The van der Waals surface area contributed by atoms with Gasteiger partial charge in [0.25, 0.3) is 5.91 Å². The summed E-state index contributed by atoms with van der Waals surface area (Å²) in [6.07, 6.45) is 9.22. The van der Waals surface area contributed by atoms with Crippen LogP contribution in [0.25, 0.3) is 0 Å². The molecule has 8 nitrogen and oxygen atoms in total. The quantitative estimate of drug-likeness (QED) is 0.410. The van der Waals surface area contributed by atoms with Gasteiger partial charge in [0.05, 0.1) is 19.3 Å². The number of allylic oxidation sites excluding steroid dienone is 1. The first-order valence-corrected chi connectivity index (χ1v) is 13.4. The average molecular weight is 501 g/mol. The van der Waals surface area contributed by atoms with Crippen molar-refractivity contribution in [2.24, 2.45) is 0 Å². The number of methoxy groups -OCH3 is 1. The molecule has 198 valence electrons. The van der Waals surface area contributed by atoms with Crippen molar-refractivity contribution in [1.29, 1.82) is 0 Å². The molecular formula is C28H40N2O6. The number of aliphatic hydroxyl groups is 1. The van der Waals surface area contributed by atoms with E-state index in [9.17, 15) is 9.59 Å². The van der Waals surface area contributed by atoms with Crippen molar-refractivity contribution in [1.82, 2.24) is 9.80 Å². The van der Waals surface area contributed by atoms with E-state index in [-0.39, 0.29) is 24.4 Å². The van der Waals surface area contributed by atoms with Gasteiger partial charge in [-0.05, 0) is 75.4 Å².